The number of carbonyl (C=O) groups excluding carboxylic acids is 2. The van der Waals surface area contributed by atoms with E-state index >= 15 is 0 Å². The van der Waals surface area contributed by atoms with Crippen LogP contribution in [-0.2, 0) is 19.4 Å². The average Bonchev–Trinajstić information content (AvgIpc) is 3.52. The highest BCUT2D eigenvalue weighted by Gasteiger charge is 2.30. The molecule has 186 valence electrons. The SMILES string of the molecule is COc1cccc2c1CCc1c-2n[nH]c1C(=O)NCC(CN1Cc2ccccc2C1=O)c1ccccc1. The van der Waals surface area contributed by atoms with Gasteiger partial charge in [-0.05, 0) is 36.1 Å². The van der Waals surface area contributed by atoms with Crippen molar-refractivity contribution in [3.05, 3.63) is 106 Å². The quantitative estimate of drug-likeness (QED) is 0.402. The summed E-state index contributed by atoms with van der Waals surface area (Å²) in [6, 6.07) is 23.7. The van der Waals surface area contributed by atoms with Crippen LogP contribution in [0, 0.1) is 0 Å². The van der Waals surface area contributed by atoms with Gasteiger partial charge in [0.05, 0.1) is 12.8 Å². The van der Waals surface area contributed by atoms with Crippen molar-refractivity contribution in [2.24, 2.45) is 0 Å². The lowest BCUT2D eigenvalue weighted by molar-refractivity contribution is 0.0767. The van der Waals surface area contributed by atoms with Gasteiger partial charge in [0.25, 0.3) is 11.8 Å². The highest BCUT2D eigenvalue weighted by molar-refractivity contribution is 5.98. The van der Waals surface area contributed by atoms with Crippen LogP contribution in [0.3, 0.4) is 0 Å². The summed E-state index contributed by atoms with van der Waals surface area (Å²) in [6.07, 6.45) is 1.50. The molecule has 0 bridgehead atoms. The van der Waals surface area contributed by atoms with Gasteiger partial charge < -0.3 is 15.0 Å². The summed E-state index contributed by atoms with van der Waals surface area (Å²) in [4.78, 5) is 28.2. The lowest BCUT2D eigenvalue weighted by Crippen LogP contribution is -2.36. The zero-order valence-corrected chi connectivity index (χ0v) is 20.7. The van der Waals surface area contributed by atoms with Crippen molar-refractivity contribution >= 4 is 11.8 Å². The van der Waals surface area contributed by atoms with Crippen molar-refractivity contribution in [3.63, 3.8) is 0 Å². The van der Waals surface area contributed by atoms with Crippen LogP contribution in [0.25, 0.3) is 11.3 Å². The minimum atomic E-state index is -0.183. The fraction of sp³-hybridized carbons (Fsp3) is 0.233. The number of amides is 2. The Labute approximate surface area is 215 Å². The van der Waals surface area contributed by atoms with Crippen LogP contribution in [-0.4, -0.2) is 47.1 Å². The molecule has 1 aliphatic heterocycles. The third-order valence-electron chi connectivity index (χ3n) is 7.44. The number of ether oxygens (including phenoxy) is 1. The van der Waals surface area contributed by atoms with Gasteiger partial charge in [0.15, 0.2) is 0 Å². The van der Waals surface area contributed by atoms with Gasteiger partial charge in [-0.25, -0.2) is 0 Å². The standard InChI is InChI=1S/C30H28N4O3/c1-37-26-13-7-12-24-23(26)14-15-25-27(24)32-33-28(25)29(35)31-16-21(19-8-3-2-4-9-19)18-34-17-20-10-5-6-11-22(20)30(34)36/h2-13,21H,14-18H2,1H3,(H,31,35)(H,32,33). The monoisotopic (exact) mass is 492 g/mol. The predicted molar refractivity (Wildman–Crippen MR) is 141 cm³/mol. The van der Waals surface area contributed by atoms with Crippen molar-refractivity contribution in [1.29, 1.82) is 0 Å². The largest absolute Gasteiger partial charge is 0.496 e. The number of hydrogen-bond acceptors (Lipinski definition) is 4. The maximum atomic E-state index is 13.3. The third-order valence-corrected chi connectivity index (χ3v) is 7.44. The van der Waals surface area contributed by atoms with Crippen LogP contribution in [0.4, 0.5) is 0 Å². The summed E-state index contributed by atoms with van der Waals surface area (Å²) in [6.45, 7) is 1.51. The zero-order valence-electron chi connectivity index (χ0n) is 20.7. The number of aromatic nitrogens is 2. The summed E-state index contributed by atoms with van der Waals surface area (Å²) < 4.78 is 5.53. The molecule has 1 aromatic heterocycles. The number of methoxy groups -OCH3 is 1. The van der Waals surface area contributed by atoms with Crippen molar-refractivity contribution in [2.75, 3.05) is 20.2 Å². The molecule has 1 aliphatic carbocycles. The first kappa shape index (κ1) is 23.0. The fourth-order valence-corrected chi connectivity index (χ4v) is 5.55. The Kier molecular flexibility index (Phi) is 5.96. The van der Waals surface area contributed by atoms with Gasteiger partial charge in [-0.15, -0.1) is 0 Å². The number of H-pyrrole nitrogens is 1. The normalized spacial score (nSPS) is 14.5. The summed E-state index contributed by atoms with van der Waals surface area (Å²) >= 11 is 0. The first-order valence-corrected chi connectivity index (χ1v) is 12.6. The Bertz CT molecular complexity index is 1480. The van der Waals surface area contributed by atoms with Crippen LogP contribution in [0.15, 0.2) is 72.8 Å². The Morgan fingerprint density at radius 1 is 1.00 bits per heavy atom. The molecular formula is C30H28N4O3. The molecule has 6 rings (SSSR count). The number of carbonyl (C=O) groups is 2. The van der Waals surface area contributed by atoms with Gasteiger partial charge in [-0.3, -0.25) is 14.7 Å². The molecule has 2 amide bonds. The highest BCUT2D eigenvalue weighted by Crippen LogP contribution is 2.38. The summed E-state index contributed by atoms with van der Waals surface area (Å²) in [5.41, 5.74) is 7.26. The van der Waals surface area contributed by atoms with Crippen molar-refractivity contribution in [1.82, 2.24) is 20.4 Å². The molecule has 2 aliphatic rings. The Morgan fingerprint density at radius 3 is 2.57 bits per heavy atom. The summed E-state index contributed by atoms with van der Waals surface area (Å²) in [5.74, 6) is 0.658. The zero-order chi connectivity index (χ0) is 25.4. The second-order valence-electron chi connectivity index (χ2n) is 9.57. The van der Waals surface area contributed by atoms with Gasteiger partial charge in [0.2, 0.25) is 0 Å². The van der Waals surface area contributed by atoms with Gasteiger partial charge in [0.1, 0.15) is 11.4 Å². The molecule has 0 fully saturated rings. The molecule has 2 N–H and O–H groups in total. The molecule has 0 saturated carbocycles. The van der Waals surface area contributed by atoms with E-state index in [9.17, 15) is 9.59 Å². The number of benzene rings is 3. The Balaban J connectivity index is 1.21. The second-order valence-corrected chi connectivity index (χ2v) is 9.57. The van der Waals surface area contributed by atoms with Gasteiger partial charge >= 0.3 is 0 Å². The molecule has 4 aromatic rings. The van der Waals surface area contributed by atoms with Crippen LogP contribution >= 0.6 is 0 Å². The van der Waals surface area contributed by atoms with Crippen LogP contribution in [0.5, 0.6) is 5.75 Å². The third kappa shape index (κ3) is 4.16. The number of hydrogen-bond donors (Lipinski definition) is 2. The molecule has 0 radical (unpaired) electrons. The van der Waals surface area contributed by atoms with E-state index in [1.54, 1.807) is 7.11 Å². The molecule has 37 heavy (non-hydrogen) atoms. The average molecular weight is 493 g/mol. The minimum absolute atomic E-state index is 0.0413. The number of rotatable bonds is 7. The highest BCUT2D eigenvalue weighted by atomic mass is 16.5. The van der Waals surface area contributed by atoms with E-state index in [0.717, 1.165) is 51.2 Å². The molecule has 0 saturated heterocycles. The van der Waals surface area contributed by atoms with E-state index in [-0.39, 0.29) is 17.7 Å². The lowest BCUT2D eigenvalue weighted by atomic mass is 9.88. The summed E-state index contributed by atoms with van der Waals surface area (Å²) in [7, 11) is 1.67. The Hall–Kier alpha value is -4.39. The first-order valence-electron chi connectivity index (χ1n) is 12.6. The molecule has 1 unspecified atom stereocenters. The molecule has 3 aromatic carbocycles. The number of nitrogens with one attached hydrogen (secondary N) is 2. The smallest absolute Gasteiger partial charge is 0.269 e. The Morgan fingerprint density at radius 2 is 1.76 bits per heavy atom. The maximum Gasteiger partial charge on any atom is 0.269 e. The van der Waals surface area contributed by atoms with Gasteiger partial charge in [-0.2, -0.15) is 5.10 Å². The maximum absolute atomic E-state index is 13.3. The molecule has 2 heterocycles. The van der Waals surface area contributed by atoms with Gasteiger partial charge in [0, 0.05) is 47.8 Å². The molecule has 0 spiro atoms. The first-order chi connectivity index (χ1) is 18.1. The van der Waals surface area contributed by atoms with E-state index in [0.29, 0.717) is 31.7 Å². The topological polar surface area (TPSA) is 87.3 Å². The van der Waals surface area contributed by atoms with Gasteiger partial charge in [-0.1, -0.05) is 60.7 Å². The van der Waals surface area contributed by atoms with Crippen LogP contribution < -0.4 is 10.1 Å². The molecule has 7 nitrogen and oxygen atoms in total. The fourth-order valence-electron chi connectivity index (χ4n) is 5.55. The van der Waals surface area contributed by atoms with Crippen LogP contribution in [0.2, 0.25) is 0 Å². The molecule has 7 heteroatoms. The van der Waals surface area contributed by atoms with E-state index in [2.05, 4.69) is 15.5 Å². The van der Waals surface area contributed by atoms with E-state index in [4.69, 9.17) is 4.74 Å². The number of nitrogens with zero attached hydrogens (tertiary/aromatic N) is 2. The predicted octanol–water partition coefficient (Wildman–Crippen LogP) is 4.35. The van der Waals surface area contributed by atoms with Crippen LogP contribution in [0.1, 0.15) is 49.0 Å². The van der Waals surface area contributed by atoms with Crippen molar-refractivity contribution in [3.8, 4) is 17.0 Å². The van der Waals surface area contributed by atoms with Crippen molar-refractivity contribution < 1.29 is 14.3 Å². The number of fused-ring (bicyclic) bond motifs is 4. The van der Waals surface area contributed by atoms with Crippen molar-refractivity contribution in [2.45, 2.75) is 25.3 Å². The van der Waals surface area contributed by atoms with E-state index in [1.807, 2.05) is 77.7 Å². The molecule has 1 atom stereocenters. The number of aromatic amines is 1. The minimum Gasteiger partial charge on any atom is -0.496 e. The lowest BCUT2D eigenvalue weighted by Gasteiger charge is -2.25. The summed E-state index contributed by atoms with van der Waals surface area (Å²) in [5, 5.41) is 10.6. The molecular weight excluding hydrogens is 464 g/mol. The second kappa shape index (κ2) is 9.58. The van der Waals surface area contributed by atoms with E-state index in [1.165, 1.54) is 0 Å². The van der Waals surface area contributed by atoms with E-state index < -0.39 is 0 Å².